The number of alkyl carbamates (subject to hydrolysis) is 1. The summed E-state index contributed by atoms with van der Waals surface area (Å²) in [7, 11) is 0. The van der Waals surface area contributed by atoms with Crippen molar-refractivity contribution < 1.29 is 24.2 Å². The Balaban J connectivity index is 1.33. The summed E-state index contributed by atoms with van der Waals surface area (Å²) in [6.07, 6.45) is 3.32. The number of carbonyl (C=O) groups is 3. The third-order valence-electron chi connectivity index (χ3n) is 6.89. The van der Waals surface area contributed by atoms with E-state index in [0.717, 1.165) is 25.7 Å². The van der Waals surface area contributed by atoms with Crippen molar-refractivity contribution in [2.75, 3.05) is 6.61 Å². The molecule has 2 aromatic carbocycles. The molecule has 0 saturated heterocycles. The summed E-state index contributed by atoms with van der Waals surface area (Å²) < 4.78 is 5.69. The third-order valence-corrected chi connectivity index (χ3v) is 6.89. The average Bonchev–Trinajstić information content (AvgIpc) is 3.12. The Hall–Kier alpha value is -3.35. The number of hydrogen-bond acceptors (Lipinski definition) is 4. The van der Waals surface area contributed by atoms with Crippen molar-refractivity contribution in [2.24, 2.45) is 5.92 Å². The first kappa shape index (κ1) is 23.8. The first-order valence-electron chi connectivity index (χ1n) is 12.0. The van der Waals surface area contributed by atoms with Gasteiger partial charge in [-0.15, -0.1) is 0 Å². The molecule has 0 spiro atoms. The van der Waals surface area contributed by atoms with Crippen molar-refractivity contribution in [1.82, 2.24) is 10.6 Å². The maximum Gasteiger partial charge on any atom is 0.407 e. The zero-order chi connectivity index (χ0) is 24.1. The van der Waals surface area contributed by atoms with E-state index in [-0.39, 0.29) is 43.2 Å². The van der Waals surface area contributed by atoms with Crippen LogP contribution in [0.5, 0.6) is 0 Å². The number of hydrogen-bond donors (Lipinski definition) is 3. The fourth-order valence-corrected chi connectivity index (χ4v) is 5.32. The Morgan fingerprint density at radius 1 is 1.00 bits per heavy atom. The van der Waals surface area contributed by atoms with E-state index in [4.69, 9.17) is 9.84 Å². The predicted octanol–water partition coefficient (Wildman–Crippen LogP) is 4.45. The largest absolute Gasteiger partial charge is 0.481 e. The van der Waals surface area contributed by atoms with Crippen LogP contribution in [0.3, 0.4) is 0 Å². The van der Waals surface area contributed by atoms with E-state index >= 15 is 0 Å². The van der Waals surface area contributed by atoms with Crippen LogP contribution < -0.4 is 10.6 Å². The number of ether oxygens (including phenoxy) is 1. The molecule has 2 aliphatic carbocycles. The molecule has 2 unspecified atom stereocenters. The Kier molecular flexibility index (Phi) is 7.50. The van der Waals surface area contributed by atoms with Gasteiger partial charge >= 0.3 is 12.1 Å². The topological polar surface area (TPSA) is 105 Å². The summed E-state index contributed by atoms with van der Waals surface area (Å²) in [4.78, 5) is 36.0. The van der Waals surface area contributed by atoms with Crippen LogP contribution in [-0.4, -0.2) is 41.8 Å². The zero-order valence-electron chi connectivity index (χ0n) is 19.5. The van der Waals surface area contributed by atoms with Gasteiger partial charge in [-0.1, -0.05) is 61.4 Å². The quantitative estimate of drug-likeness (QED) is 0.535. The lowest BCUT2D eigenvalue weighted by Gasteiger charge is -2.32. The Labute approximate surface area is 199 Å². The lowest BCUT2D eigenvalue weighted by Crippen LogP contribution is -2.45. The summed E-state index contributed by atoms with van der Waals surface area (Å²) in [6.45, 7) is 1.93. The lowest BCUT2D eigenvalue weighted by molar-refractivity contribution is -0.137. The van der Waals surface area contributed by atoms with Gasteiger partial charge in [-0.3, -0.25) is 9.59 Å². The maximum atomic E-state index is 12.7. The number of nitrogens with one attached hydrogen (secondary N) is 2. The summed E-state index contributed by atoms with van der Waals surface area (Å²) in [5.41, 5.74) is 4.70. The molecule has 7 heteroatoms. The lowest BCUT2D eigenvalue weighted by atomic mass is 9.82. The van der Waals surface area contributed by atoms with Gasteiger partial charge < -0.3 is 20.5 Å². The van der Waals surface area contributed by atoms with Crippen molar-refractivity contribution in [3.8, 4) is 11.1 Å². The SMILES string of the molecule is C[C@@H](CC(=O)O)NC(=O)CC1CCCCC1NC(=O)OCC1c2ccccc2-c2ccccc21. The number of benzene rings is 2. The third kappa shape index (κ3) is 5.58. The average molecular weight is 465 g/mol. The van der Waals surface area contributed by atoms with E-state index in [1.54, 1.807) is 6.92 Å². The van der Waals surface area contributed by atoms with Gasteiger partial charge in [-0.25, -0.2) is 4.79 Å². The van der Waals surface area contributed by atoms with Crippen molar-refractivity contribution >= 4 is 18.0 Å². The molecule has 4 rings (SSSR count). The predicted molar refractivity (Wildman–Crippen MR) is 128 cm³/mol. The van der Waals surface area contributed by atoms with E-state index in [1.165, 1.54) is 22.3 Å². The minimum absolute atomic E-state index is 0.00167. The molecule has 7 nitrogen and oxygen atoms in total. The summed E-state index contributed by atoms with van der Waals surface area (Å²) in [6, 6.07) is 15.9. The number of rotatable bonds is 8. The highest BCUT2D eigenvalue weighted by atomic mass is 16.5. The molecule has 0 bridgehead atoms. The van der Waals surface area contributed by atoms with E-state index < -0.39 is 18.1 Å². The Morgan fingerprint density at radius 3 is 2.26 bits per heavy atom. The number of carboxylic acid groups (broad SMARTS) is 1. The molecule has 0 radical (unpaired) electrons. The monoisotopic (exact) mass is 464 g/mol. The molecule has 3 N–H and O–H groups in total. The molecular weight excluding hydrogens is 432 g/mol. The molecule has 2 amide bonds. The van der Waals surface area contributed by atoms with Gasteiger partial charge in [-0.2, -0.15) is 0 Å². The smallest absolute Gasteiger partial charge is 0.407 e. The molecule has 2 aliphatic rings. The number of carbonyl (C=O) groups excluding carboxylic acids is 2. The molecule has 2 aromatic rings. The van der Waals surface area contributed by atoms with Crippen molar-refractivity contribution in [3.05, 3.63) is 59.7 Å². The van der Waals surface area contributed by atoms with E-state index in [1.807, 2.05) is 24.3 Å². The number of aliphatic carboxylic acids is 1. The second-order valence-corrected chi connectivity index (χ2v) is 9.39. The fourth-order valence-electron chi connectivity index (χ4n) is 5.32. The van der Waals surface area contributed by atoms with Gasteiger partial charge in [0, 0.05) is 24.4 Å². The molecule has 0 aromatic heterocycles. The van der Waals surface area contributed by atoms with Crippen LogP contribution in [0, 0.1) is 5.92 Å². The highest BCUT2D eigenvalue weighted by Crippen LogP contribution is 2.44. The Bertz CT molecular complexity index is 1010. The van der Waals surface area contributed by atoms with Gasteiger partial charge in [-0.05, 0) is 47.9 Å². The summed E-state index contributed by atoms with van der Waals surface area (Å²) in [5, 5.41) is 14.6. The van der Waals surface area contributed by atoms with Crippen molar-refractivity contribution in [2.45, 2.75) is 63.5 Å². The molecule has 34 heavy (non-hydrogen) atoms. The van der Waals surface area contributed by atoms with Crippen molar-refractivity contribution in [1.29, 1.82) is 0 Å². The first-order chi connectivity index (χ1) is 16.4. The molecular formula is C27H32N2O5. The number of carboxylic acids is 1. The number of fused-ring (bicyclic) bond motifs is 3. The van der Waals surface area contributed by atoms with E-state index in [0.29, 0.717) is 0 Å². The molecule has 180 valence electrons. The van der Waals surface area contributed by atoms with E-state index in [2.05, 4.69) is 34.9 Å². The van der Waals surface area contributed by atoms with Crippen molar-refractivity contribution in [3.63, 3.8) is 0 Å². The summed E-state index contributed by atoms with van der Waals surface area (Å²) in [5.74, 6) is -1.12. The maximum absolute atomic E-state index is 12.7. The van der Waals surface area contributed by atoms with Gasteiger partial charge in [0.1, 0.15) is 6.61 Å². The molecule has 3 atom stereocenters. The van der Waals surface area contributed by atoms with Crippen LogP contribution in [0.4, 0.5) is 4.79 Å². The summed E-state index contributed by atoms with van der Waals surface area (Å²) >= 11 is 0. The van der Waals surface area contributed by atoms with Gasteiger partial charge in [0.2, 0.25) is 5.91 Å². The normalized spacial score (nSPS) is 20.0. The van der Waals surface area contributed by atoms with Crippen LogP contribution >= 0.6 is 0 Å². The molecule has 1 fully saturated rings. The van der Waals surface area contributed by atoms with Gasteiger partial charge in [0.05, 0.1) is 6.42 Å². The second-order valence-electron chi connectivity index (χ2n) is 9.39. The standard InChI is InChI=1S/C27H32N2O5/c1-17(14-26(31)32)28-25(30)15-18-8-2-7-13-24(18)29-27(33)34-16-23-21-11-5-3-9-19(21)20-10-4-6-12-22(20)23/h3-6,9-12,17-18,23-24H,2,7-8,13-16H2,1H3,(H,28,30)(H,29,33)(H,31,32)/t17-,18?,24?/m0/s1. The van der Waals surface area contributed by atoms with Crippen LogP contribution in [0.1, 0.15) is 62.5 Å². The minimum Gasteiger partial charge on any atom is -0.481 e. The first-order valence-corrected chi connectivity index (χ1v) is 12.0. The second kappa shape index (κ2) is 10.7. The fraction of sp³-hybridized carbons (Fsp3) is 0.444. The minimum atomic E-state index is -0.944. The van der Waals surface area contributed by atoms with Crippen LogP contribution in [0.15, 0.2) is 48.5 Å². The van der Waals surface area contributed by atoms with Crippen LogP contribution in [-0.2, 0) is 14.3 Å². The molecule has 0 heterocycles. The van der Waals surface area contributed by atoms with Crippen LogP contribution in [0.2, 0.25) is 0 Å². The molecule has 1 saturated carbocycles. The van der Waals surface area contributed by atoms with Gasteiger partial charge in [0.25, 0.3) is 0 Å². The van der Waals surface area contributed by atoms with Gasteiger partial charge in [0.15, 0.2) is 0 Å². The highest BCUT2D eigenvalue weighted by molar-refractivity contribution is 5.79. The number of amides is 2. The Morgan fingerprint density at radius 2 is 1.62 bits per heavy atom. The van der Waals surface area contributed by atoms with E-state index in [9.17, 15) is 14.4 Å². The highest BCUT2D eigenvalue weighted by Gasteiger charge is 2.31. The van der Waals surface area contributed by atoms with Crippen LogP contribution in [0.25, 0.3) is 11.1 Å². The molecule has 0 aliphatic heterocycles. The zero-order valence-corrected chi connectivity index (χ0v) is 19.5.